The van der Waals surface area contributed by atoms with Gasteiger partial charge < -0.3 is 13.6 Å². The number of nitrogens with one attached hydrogen (secondary N) is 1. The van der Waals surface area contributed by atoms with Gasteiger partial charge in [0.05, 0.1) is 22.0 Å². The first kappa shape index (κ1) is 25.4. The van der Waals surface area contributed by atoms with Gasteiger partial charge in [-0.1, -0.05) is 58.2 Å². The zero-order valence-electron chi connectivity index (χ0n) is 17.5. The van der Waals surface area contributed by atoms with Crippen molar-refractivity contribution in [3.05, 3.63) is 80.3 Å². The van der Waals surface area contributed by atoms with Crippen LogP contribution in [-0.4, -0.2) is 28.1 Å². The first-order valence-corrected chi connectivity index (χ1v) is 12.3. The standard InChI is InChI=1S/C22H14Cl4N4O4S/c23-12-1-4-16(25)15(7-12)18-6-3-14(33-18)9-27-28-20(31)11-35-22-30-29-21(34-22)10-32-19-5-2-13(24)8-17(19)26/h1-9H,10-11H2,(H,28,31)/b27-9-. The minimum atomic E-state index is -0.375. The summed E-state index contributed by atoms with van der Waals surface area (Å²) in [6.45, 7) is 0.0108. The molecule has 0 fully saturated rings. The lowest BCUT2D eigenvalue weighted by molar-refractivity contribution is -0.118. The van der Waals surface area contributed by atoms with E-state index in [-0.39, 0.29) is 29.4 Å². The summed E-state index contributed by atoms with van der Waals surface area (Å²) in [5, 5.41) is 13.7. The maximum Gasteiger partial charge on any atom is 0.277 e. The lowest BCUT2D eigenvalue weighted by Gasteiger charge is -2.05. The molecule has 8 nitrogen and oxygen atoms in total. The van der Waals surface area contributed by atoms with Crippen molar-refractivity contribution in [2.75, 3.05) is 5.75 Å². The van der Waals surface area contributed by atoms with Gasteiger partial charge >= 0.3 is 0 Å². The van der Waals surface area contributed by atoms with Crippen LogP contribution in [0.1, 0.15) is 11.7 Å². The summed E-state index contributed by atoms with van der Waals surface area (Å²) in [6.07, 6.45) is 1.37. The molecule has 1 amide bonds. The summed E-state index contributed by atoms with van der Waals surface area (Å²) in [4.78, 5) is 12.0. The zero-order chi connectivity index (χ0) is 24.8. The summed E-state index contributed by atoms with van der Waals surface area (Å²) >= 11 is 25.2. The molecule has 0 saturated carbocycles. The quantitative estimate of drug-likeness (QED) is 0.134. The molecule has 4 aromatic rings. The molecule has 0 radical (unpaired) electrons. The highest BCUT2D eigenvalue weighted by atomic mass is 35.5. The maximum absolute atomic E-state index is 12.0. The number of amides is 1. The second-order valence-electron chi connectivity index (χ2n) is 6.73. The fraction of sp³-hybridized carbons (Fsp3) is 0.0909. The Hall–Kier alpha value is -2.69. The normalized spacial score (nSPS) is 11.2. The van der Waals surface area contributed by atoms with Crippen LogP contribution in [0.4, 0.5) is 0 Å². The van der Waals surface area contributed by atoms with Crippen molar-refractivity contribution in [1.29, 1.82) is 0 Å². The van der Waals surface area contributed by atoms with Gasteiger partial charge in [-0.3, -0.25) is 4.79 Å². The molecular weight excluding hydrogens is 558 g/mol. The van der Waals surface area contributed by atoms with Crippen LogP contribution in [0.3, 0.4) is 0 Å². The molecule has 0 spiro atoms. The first-order valence-electron chi connectivity index (χ1n) is 9.77. The molecule has 13 heteroatoms. The molecule has 0 atom stereocenters. The summed E-state index contributed by atoms with van der Waals surface area (Å²) < 4.78 is 16.7. The highest BCUT2D eigenvalue weighted by Gasteiger charge is 2.12. The van der Waals surface area contributed by atoms with Crippen LogP contribution in [-0.2, 0) is 11.4 Å². The Morgan fingerprint density at radius 3 is 2.63 bits per heavy atom. The maximum atomic E-state index is 12.0. The number of aromatic nitrogens is 2. The van der Waals surface area contributed by atoms with E-state index >= 15 is 0 Å². The van der Waals surface area contributed by atoms with Crippen LogP contribution in [0.5, 0.6) is 5.75 Å². The van der Waals surface area contributed by atoms with E-state index in [1.807, 2.05) is 0 Å². The van der Waals surface area contributed by atoms with Crippen molar-refractivity contribution in [2.24, 2.45) is 5.10 Å². The molecule has 0 aliphatic carbocycles. The third-order valence-electron chi connectivity index (χ3n) is 4.22. The van der Waals surface area contributed by atoms with Crippen molar-refractivity contribution in [2.45, 2.75) is 11.8 Å². The van der Waals surface area contributed by atoms with E-state index < -0.39 is 0 Å². The van der Waals surface area contributed by atoms with Crippen molar-refractivity contribution in [1.82, 2.24) is 15.6 Å². The Morgan fingerprint density at radius 2 is 1.80 bits per heavy atom. The number of hydrogen-bond donors (Lipinski definition) is 1. The van der Waals surface area contributed by atoms with Crippen molar-refractivity contribution < 1.29 is 18.4 Å². The largest absolute Gasteiger partial charge is 0.482 e. The molecule has 0 aliphatic rings. The number of ether oxygens (including phenoxy) is 1. The fourth-order valence-electron chi connectivity index (χ4n) is 2.67. The minimum absolute atomic E-state index is 0.00434. The average Bonchev–Trinajstić information content (AvgIpc) is 3.48. The minimum Gasteiger partial charge on any atom is -0.482 e. The van der Waals surface area contributed by atoms with E-state index in [1.54, 1.807) is 48.5 Å². The Kier molecular flexibility index (Phi) is 8.59. The van der Waals surface area contributed by atoms with Crippen molar-refractivity contribution in [3.63, 3.8) is 0 Å². The van der Waals surface area contributed by atoms with Gasteiger partial charge in [0, 0.05) is 15.6 Å². The Balaban J connectivity index is 1.23. The molecule has 2 heterocycles. The lowest BCUT2D eigenvalue weighted by atomic mass is 10.2. The summed E-state index contributed by atoms with van der Waals surface area (Å²) in [5.74, 6) is 1.23. The number of hydrogen-bond acceptors (Lipinski definition) is 8. The van der Waals surface area contributed by atoms with Crippen LogP contribution >= 0.6 is 58.2 Å². The zero-order valence-corrected chi connectivity index (χ0v) is 21.3. The van der Waals surface area contributed by atoms with Crippen LogP contribution < -0.4 is 10.2 Å². The van der Waals surface area contributed by atoms with Gasteiger partial charge in [-0.25, -0.2) is 5.43 Å². The molecule has 4 rings (SSSR count). The van der Waals surface area contributed by atoms with Crippen LogP contribution in [0.15, 0.2) is 67.7 Å². The van der Waals surface area contributed by atoms with Crippen molar-refractivity contribution in [3.8, 4) is 17.1 Å². The number of carbonyl (C=O) groups excluding carboxylic acids is 1. The topological polar surface area (TPSA) is 103 Å². The Labute approximate surface area is 223 Å². The van der Waals surface area contributed by atoms with E-state index in [2.05, 4.69) is 20.7 Å². The molecule has 0 saturated heterocycles. The molecule has 1 N–H and O–H groups in total. The second kappa shape index (κ2) is 11.8. The molecular formula is C22H14Cl4N4O4S. The van der Waals surface area contributed by atoms with Crippen molar-refractivity contribution >= 4 is 70.3 Å². The Bertz CT molecular complexity index is 1380. The highest BCUT2D eigenvalue weighted by molar-refractivity contribution is 7.99. The summed E-state index contributed by atoms with van der Waals surface area (Å²) in [7, 11) is 0. The van der Waals surface area contributed by atoms with E-state index in [0.717, 1.165) is 11.8 Å². The summed E-state index contributed by atoms with van der Waals surface area (Å²) in [5.41, 5.74) is 3.05. The molecule has 0 aliphatic heterocycles. The predicted octanol–water partition coefficient (Wildman–Crippen LogP) is 6.76. The van der Waals surface area contributed by atoms with E-state index in [1.165, 1.54) is 6.21 Å². The van der Waals surface area contributed by atoms with Gasteiger partial charge in [0.25, 0.3) is 17.0 Å². The van der Waals surface area contributed by atoms with Gasteiger partial charge in [-0.15, -0.1) is 10.2 Å². The lowest BCUT2D eigenvalue weighted by Crippen LogP contribution is -2.19. The van der Waals surface area contributed by atoms with Gasteiger partial charge in [0.15, 0.2) is 6.61 Å². The van der Waals surface area contributed by atoms with E-state index in [0.29, 0.717) is 42.9 Å². The van der Waals surface area contributed by atoms with Gasteiger partial charge in [0.1, 0.15) is 17.3 Å². The van der Waals surface area contributed by atoms with Crippen LogP contribution in [0.2, 0.25) is 20.1 Å². The van der Waals surface area contributed by atoms with Gasteiger partial charge in [0.2, 0.25) is 0 Å². The third-order valence-corrected chi connectivity index (χ3v) is 6.14. The molecule has 0 unspecified atom stereocenters. The second-order valence-corrected chi connectivity index (χ2v) is 9.35. The highest BCUT2D eigenvalue weighted by Crippen LogP contribution is 2.31. The molecule has 180 valence electrons. The fourth-order valence-corrected chi connectivity index (χ4v) is 4.09. The number of nitrogens with zero attached hydrogens (tertiary/aromatic N) is 3. The number of hydrazone groups is 1. The molecule has 2 aromatic heterocycles. The first-order chi connectivity index (χ1) is 16.9. The SMILES string of the molecule is O=C(CSc1nnc(COc2ccc(Cl)cc2Cl)o1)N/N=C\c1ccc(-c2cc(Cl)ccc2Cl)o1. The molecule has 2 aromatic carbocycles. The monoisotopic (exact) mass is 570 g/mol. The predicted molar refractivity (Wildman–Crippen MR) is 136 cm³/mol. The van der Waals surface area contributed by atoms with Crippen LogP contribution in [0, 0.1) is 0 Å². The molecule has 0 bridgehead atoms. The number of rotatable bonds is 9. The number of halogens is 4. The number of benzene rings is 2. The smallest absolute Gasteiger partial charge is 0.277 e. The van der Waals surface area contributed by atoms with Gasteiger partial charge in [-0.05, 0) is 48.5 Å². The van der Waals surface area contributed by atoms with Crippen LogP contribution in [0.25, 0.3) is 11.3 Å². The number of thioether (sulfide) groups is 1. The third kappa shape index (κ3) is 7.16. The van der Waals surface area contributed by atoms with E-state index in [4.69, 9.17) is 60.0 Å². The van der Waals surface area contributed by atoms with Gasteiger partial charge in [-0.2, -0.15) is 5.10 Å². The van der Waals surface area contributed by atoms with E-state index in [9.17, 15) is 4.79 Å². The number of furan rings is 1. The summed E-state index contributed by atoms with van der Waals surface area (Å²) in [6, 6.07) is 13.3. The molecule has 35 heavy (non-hydrogen) atoms. The Morgan fingerprint density at radius 1 is 1.00 bits per heavy atom. The average molecular weight is 572 g/mol. The number of carbonyl (C=O) groups is 1.